The summed E-state index contributed by atoms with van der Waals surface area (Å²) in [5.41, 5.74) is 6.31. The Kier molecular flexibility index (Phi) is 2.65. The molecule has 0 aliphatic heterocycles. The standard InChI is InChI=1S/C6H5BCl2NO/c8-4-2-5(9)6(10)1-3(4)7-11/h1-2,11H,10H2. The Morgan fingerprint density at radius 2 is 1.91 bits per heavy atom. The van der Waals surface area contributed by atoms with E-state index in [0.29, 0.717) is 21.2 Å². The molecule has 0 aromatic heterocycles. The summed E-state index contributed by atoms with van der Waals surface area (Å²) in [4.78, 5) is 0. The van der Waals surface area contributed by atoms with Crippen LogP contribution in [0, 0.1) is 0 Å². The highest BCUT2D eigenvalue weighted by molar-refractivity contribution is 6.53. The molecule has 0 aliphatic carbocycles. The molecule has 5 heteroatoms. The topological polar surface area (TPSA) is 46.2 Å². The molecule has 0 heterocycles. The number of halogens is 2. The van der Waals surface area contributed by atoms with Crippen molar-refractivity contribution in [3.05, 3.63) is 22.2 Å². The molecule has 57 valence electrons. The largest absolute Gasteiger partial charge is 0.450 e. The summed E-state index contributed by atoms with van der Waals surface area (Å²) in [5.74, 6) is 0. The first kappa shape index (κ1) is 8.72. The molecule has 0 saturated heterocycles. The van der Waals surface area contributed by atoms with Crippen LogP contribution < -0.4 is 11.2 Å². The fraction of sp³-hybridized carbons (Fsp3) is 0. The fourth-order valence-corrected chi connectivity index (χ4v) is 1.11. The molecular weight excluding hydrogens is 184 g/mol. The Morgan fingerprint density at radius 3 is 2.45 bits per heavy atom. The molecule has 0 unspecified atom stereocenters. The van der Waals surface area contributed by atoms with E-state index in [2.05, 4.69) is 0 Å². The number of hydrogen-bond acceptors (Lipinski definition) is 2. The van der Waals surface area contributed by atoms with Crippen molar-refractivity contribution in [2.75, 3.05) is 5.73 Å². The maximum atomic E-state index is 8.63. The van der Waals surface area contributed by atoms with Gasteiger partial charge in [0.1, 0.15) is 0 Å². The van der Waals surface area contributed by atoms with Gasteiger partial charge in [-0.05, 0) is 17.6 Å². The van der Waals surface area contributed by atoms with Gasteiger partial charge in [0.15, 0.2) is 0 Å². The van der Waals surface area contributed by atoms with Gasteiger partial charge in [-0.1, -0.05) is 23.2 Å². The predicted octanol–water partition coefficient (Wildman–Crippen LogP) is 0.812. The highest BCUT2D eigenvalue weighted by Crippen LogP contribution is 2.20. The molecule has 0 atom stereocenters. The molecule has 0 aliphatic rings. The van der Waals surface area contributed by atoms with Crippen LogP contribution in [0.3, 0.4) is 0 Å². The highest BCUT2D eigenvalue weighted by atomic mass is 35.5. The third-order valence-electron chi connectivity index (χ3n) is 1.26. The number of nitrogens with two attached hydrogens (primary N) is 1. The van der Waals surface area contributed by atoms with Crippen LogP contribution >= 0.6 is 23.2 Å². The average molecular weight is 189 g/mol. The zero-order chi connectivity index (χ0) is 8.43. The summed E-state index contributed by atoms with van der Waals surface area (Å²) in [6.07, 6.45) is 0. The van der Waals surface area contributed by atoms with Crippen molar-refractivity contribution in [3.8, 4) is 0 Å². The lowest BCUT2D eigenvalue weighted by molar-refractivity contribution is 0.615. The van der Waals surface area contributed by atoms with Crippen molar-refractivity contribution < 1.29 is 5.02 Å². The molecule has 1 radical (unpaired) electrons. The molecule has 11 heavy (non-hydrogen) atoms. The lowest BCUT2D eigenvalue weighted by Crippen LogP contribution is -2.15. The van der Waals surface area contributed by atoms with Gasteiger partial charge in [0, 0.05) is 10.7 Å². The van der Waals surface area contributed by atoms with Gasteiger partial charge in [0.05, 0.1) is 5.02 Å². The second-order valence-electron chi connectivity index (χ2n) is 2.02. The van der Waals surface area contributed by atoms with Gasteiger partial charge < -0.3 is 10.8 Å². The summed E-state index contributed by atoms with van der Waals surface area (Å²) >= 11 is 11.3. The van der Waals surface area contributed by atoms with Gasteiger partial charge in [-0.3, -0.25) is 0 Å². The van der Waals surface area contributed by atoms with Crippen molar-refractivity contribution in [1.82, 2.24) is 0 Å². The first-order chi connectivity index (χ1) is 5.15. The quantitative estimate of drug-likeness (QED) is 0.507. The van der Waals surface area contributed by atoms with Crippen molar-refractivity contribution >= 4 is 41.8 Å². The Balaban J connectivity index is 3.21. The zero-order valence-electron chi connectivity index (χ0n) is 5.51. The molecule has 2 nitrogen and oxygen atoms in total. The van der Waals surface area contributed by atoms with E-state index in [9.17, 15) is 0 Å². The third-order valence-corrected chi connectivity index (χ3v) is 1.91. The van der Waals surface area contributed by atoms with Crippen molar-refractivity contribution in [3.63, 3.8) is 0 Å². The average Bonchev–Trinajstić information content (AvgIpc) is 1.97. The molecule has 0 spiro atoms. The number of benzene rings is 1. The molecule has 0 amide bonds. The van der Waals surface area contributed by atoms with E-state index >= 15 is 0 Å². The Morgan fingerprint density at radius 1 is 1.27 bits per heavy atom. The first-order valence-electron chi connectivity index (χ1n) is 2.87. The molecule has 3 N–H and O–H groups in total. The van der Waals surface area contributed by atoms with Crippen LogP contribution in [-0.4, -0.2) is 12.5 Å². The van der Waals surface area contributed by atoms with Gasteiger partial charge >= 0.3 is 7.48 Å². The molecule has 1 aromatic carbocycles. The number of anilines is 1. The van der Waals surface area contributed by atoms with Crippen LogP contribution in [0.5, 0.6) is 0 Å². The van der Waals surface area contributed by atoms with Crippen LogP contribution in [-0.2, 0) is 0 Å². The van der Waals surface area contributed by atoms with E-state index in [0.717, 1.165) is 7.48 Å². The minimum atomic E-state index is 0.381. The van der Waals surface area contributed by atoms with E-state index in [1.54, 1.807) is 0 Å². The van der Waals surface area contributed by atoms with Crippen molar-refractivity contribution in [1.29, 1.82) is 0 Å². The molecule has 0 saturated carbocycles. The first-order valence-corrected chi connectivity index (χ1v) is 3.62. The van der Waals surface area contributed by atoms with Gasteiger partial charge in [-0.25, -0.2) is 0 Å². The number of nitrogen functional groups attached to an aromatic ring is 1. The van der Waals surface area contributed by atoms with Crippen LogP contribution in [0.25, 0.3) is 0 Å². The molecule has 1 aromatic rings. The van der Waals surface area contributed by atoms with Crippen LogP contribution in [0.4, 0.5) is 5.69 Å². The monoisotopic (exact) mass is 188 g/mol. The highest BCUT2D eigenvalue weighted by Gasteiger charge is 2.04. The van der Waals surface area contributed by atoms with E-state index in [1.807, 2.05) is 0 Å². The smallest absolute Gasteiger partial charge is 0.328 e. The normalized spacial score (nSPS) is 9.73. The zero-order valence-corrected chi connectivity index (χ0v) is 7.02. The van der Waals surface area contributed by atoms with Crippen LogP contribution in [0.1, 0.15) is 0 Å². The van der Waals surface area contributed by atoms with Crippen molar-refractivity contribution in [2.24, 2.45) is 0 Å². The van der Waals surface area contributed by atoms with Crippen molar-refractivity contribution in [2.45, 2.75) is 0 Å². The minimum Gasteiger partial charge on any atom is -0.450 e. The maximum Gasteiger partial charge on any atom is 0.328 e. The molecule has 0 bridgehead atoms. The Labute approximate surface area is 75.2 Å². The lowest BCUT2D eigenvalue weighted by Gasteiger charge is -2.02. The van der Waals surface area contributed by atoms with E-state index in [4.69, 9.17) is 34.0 Å². The minimum absolute atomic E-state index is 0.381. The molecule has 0 fully saturated rings. The second kappa shape index (κ2) is 3.35. The second-order valence-corrected chi connectivity index (χ2v) is 2.84. The summed E-state index contributed by atoms with van der Waals surface area (Å²) in [7, 11) is 0.884. The van der Waals surface area contributed by atoms with Crippen LogP contribution in [0.15, 0.2) is 12.1 Å². The van der Waals surface area contributed by atoms with Gasteiger partial charge in [-0.15, -0.1) is 0 Å². The Bertz CT molecular complexity index is 280. The maximum absolute atomic E-state index is 8.63. The fourth-order valence-electron chi connectivity index (χ4n) is 0.682. The van der Waals surface area contributed by atoms with Gasteiger partial charge in [-0.2, -0.15) is 0 Å². The summed E-state index contributed by atoms with van der Waals surface area (Å²) in [5, 5.41) is 9.40. The predicted molar refractivity (Wildman–Crippen MR) is 48.5 cm³/mol. The van der Waals surface area contributed by atoms with E-state index in [-0.39, 0.29) is 0 Å². The number of rotatable bonds is 1. The Hall–Kier alpha value is -0.375. The van der Waals surface area contributed by atoms with Crippen LogP contribution in [0.2, 0.25) is 10.0 Å². The summed E-state index contributed by atoms with van der Waals surface area (Å²) in [6, 6.07) is 2.99. The SMILES string of the molecule is Nc1cc([B]O)c(Cl)cc1Cl. The number of hydrogen-bond donors (Lipinski definition) is 2. The summed E-state index contributed by atoms with van der Waals surface area (Å²) in [6.45, 7) is 0. The summed E-state index contributed by atoms with van der Waals surface area (Å²) < 4.78 is 0. The lowest BCUT2D eigenvalue weighted by atomic mass is 9.88. The van der Waals surface area contributed by atoms with Gasteiger partial charge in [0.2, 0.25) is 0 Å². The van der Waals surface area contributed by atoms with E-state index < -0.39 is 0 Å². The third kappa shape index (κ3) is 1.80. The molecule has 1 rings (SSSR count). The van der Waals surface area contributed by atoms with E-state index in [1.165, 1.54) is 12.1 Å². The van der Waals surface area contributed by atoms with Gasteiger partial charge in [0.25, 0.3) is 0 Å². The molecular formula is C6H5BCl2NO.